The monoisotopic (exact) mass is 268 g/mol. The van der Waals surface area contributed by atoms with Crippen molar-refractivity contribution in [1.82, 2.24) is 5.32 Å². The number of benzene rings is 2. The fourth-order valence-electron chi connectivity index (χ4n) is 2.05. The van der Waals surface area contributed by atoms with Crippen molar-refractivity contribution in [2.75, 3.05) is 0 Å². The lowest BCUT2D eigenvalue weighted by Crippen LogP contribution is -2.35. The largest absolute Gasteiger partial charge is 0.348 e. The predicted molar refractivity (Wildman–Crippen MR) is 81.1 cm³/mol. The Hall–Kier alpha value is -2.13. The molecular weight excluding hydrogens is 248 g/mol. The van der Waals surface area contributed by atoms with Gasteiger partial charge in [0.05, 0.1) is 6.04 Å². The van der Waals surface area contributed by atoms with Crippen molar-refractivity contribution in [1.29, 1.82) is 0 Å². The Morgan fingerprint density at radius 3 is 2.20 bits per heavy atom. The Morgan fingerprint density at radius 2 is 1.60 bits per heavy atom. The van der Waals surface area contributed by atoms with Gasteiger partial charge in [-0.05, 0) is 25.0 Å². The van der Waals surface area contributed by atoms with Crippen molar-refractivity contribution in [2.45, 2.75) is 25.9 Å². The molecule has 3 nitrogen and oxygen atoms in total. The van der Waals surface area contributed by atoms with E-state index in [4.69, 9.17) is 5.73 Å². The molecule has 0 aromatic heterocycles. The number of rotatable bonds is 4. The zero-order valence-corrected chi connectivity index (χ0v) is 11.8. The minimum absolute atomic E-state index is 0.0575. The summed E-state index contributed by atoms with van der Waals surface area (Å²) in [5.41, 5.74) is 9.07. The van der Waals surface area contributed by atoms with E-state index in [0.717, 1.165) is 11.1 Å². The summed E-state index contributed by atoms with van der Waals surface area (Å²) in [6, 6.07) is 16.8. The lowest BCUT2D eigenvalue weighted by atomic mass is 10.0. The summed E-state index contributed by atoms with van der Waals surface area (Å²) in [6.45, 7) is 4.00. The maximum Gasteiger partial charge on any atom is 0.241 e. The number of carbonyl (C=O) groups is 1. The molecule has 2 aromatic rings. The lowest BCUT2D eigenvalue weighted by Gasteiger charge is -2.18. The molecule has 0 bridgehead atoms. The maximum atomic E-state index is 12.2. The van der Waals surface area contributed by atoms with Crippen molar-refractivity contribution in [3.05, 3.63) is 71.3 Å². The van der Waals surface area contributed by atoms with Crippen LogP contribution in [0.2, 0.25) is 0 Å². The molecule has 0 aliphatic carbocycles. The number of aryl methyl sites for hydroxylation is 1. The third kappa shape index (κ3) is 3.45. The van der Waals surface area contributed by atoms with E-state index >= 15 is 0 Å². The number of carbonyl (C=O) groups excluding carboxylic acids is 1. The van der Waals surface area contributed by atoms with Crippen molar-refractivity contribution < 1.29 is 4.79 Å². The average molecular weight is 268 g/mol. The molecule has 20 heavy (non-hydrogen) atoms. The standard InChI is InChI=1S/C17H20N2O/c1-12-8-10-14(11-9-12)13(2)19-17(20)16(18)15-6-4-3-5-7-15/h3-11,13,16H,18H2,1-2H3,(H,19,20). The van der Waals surface area contributed by atoms with Crippen LogP contribution in [0.25, 0.3) is 0 Å². The van der Waals surface area contributed by atoms with Gasteiger partial charge in [0.15, 0.2) is 0 Å². The van der Waals surface area contributed by atoms with Crippen LogP contribution in [-0.4, -0.2) is 5.91 Å². The second-order valence-electron chi connectivity index (χ2n) is 5.03. The van der Waals surface area contributed by atoms with Crippen molar-refractivity contribution in [3.63, 3.8) is 0 Å². The van der Waals surface area contributed by atoms with Crippen LogP contribution < -0.4 is 11.1 Å². The minimum Gasteiger partial charge on any atom is -0.348 e. The Morgan fingerprint density at radius 1 is 1.00 bits per heavy atom. The molecule has 0 heterocycles. The molecule has 3 heteroatoms. The topological polar surface area (TPSA) is 55.1 Å². The summed E-state index contributed by atoms with van der Waals surface area (Å²) in [7, 11) is 0. The van der Waals surface area contributed by atoms with Gasteiger partial charge < -0.3 is 11.1 Å². The van der Waals surface area contributed by atoms with E-state index in [1.807, 2.05) is 68.4 Å². The van der Waals surface area contributed by atoms with Gasteiger partial charge in [0.2, 0.25) is 5.91 Å². The molecule has 0 aliphatic rings. The summed E-state index contributed by atoms with van der Waals surface area (Å²) in [5, 5.41) is 2.95. The SMILES string of the molecule is Cc1ccc(C(C)NC(=O)C(N)c2ccccc2)cc1. The molecular formula is C17H20N2O. The molecule has 0 saturated carbocycles. The second kappa shape index (κ2) is 6.35. The van der Waals surface area contributed by atoms with Gasteiger partial charge in [-0.25, -0.2) is 0 Å². The summed E-state index contributed by atoms with van der Waals surface area (Å²) >= 11 is 0. The fraction of sp³-hybridized carbons (Fsp3) is 0.235. The number of hydrogen-bond donors (Lipinski definition) is 2. The van der Waals surface area contributed by atoms with Gasteiger partial charge in [0.1, 0.15) is 6.04 Å². The van der Waals surface area contributed by atoms with Crippen LogP contribution in [0.5, 0.6) is 0 Å². The van der Waals surface area contributed by atoms with Gasteiger partial charge in [0.25, 0.3) is 0 Å². The van der Waals surface area contributed by atoms with E-state index in [0.29, 0.717) is 0 Å². The highest BCUT2D eigenvalue weighted by Gasteiger charge is 2.17. The Balaban J connectivity index is 2.02. The number of nitrogens with two attached hydrogens (primary N) is 1. The first kappa shape index (κ1) is 14.3. The lowest BCUT2D eigenvalue weighted by molar-refractivity contribution is -0.123. The molecule has 2 atom stereocenters. The van der Waals surface area contributed by atoms with Gasteiger partial charge in [0, 0.05) is 0 Å². The molecule has 1 amide bonds. The van der Waals surface area contributed by atoms with E-state index in [-0.39, 0.29) is 11.9 Å². The van der Waals surface area contributed by atoms with Crippen LogP contribution >= 0.6 is 0 Å². The first-order chi connectivity index (χ1) is 9.58. The van der Waals surface area contributed by atoms with Crippen LogP contribution in [0.1, 0.15) is 35.7 Å². The van der Waals surface area contributed by atoms with Crippen LogP contribution in [0.3, 0.4) is 0 Å². The highest BCUT2D eigenvalue weighted by atomic mass is 16.2. The molecule has 0 spiro atoms. The van der Waals surface area contributed by atoms with Crippen molar-refractivity contribution in [3.8, 4) is 0 Å². The van der Waals surface area contributed by atoms with Crippen LogP contribution in [-0.2, 0) is 4.79 Å². The summed E-state index contributed by atoms with van der Waals surface area (Å²) in [5.74, 6) is -0.163. The van der Waals surface area contributed by atoms with Gasteiger partial charge >= 0.3 is 0 Å². The minimum atomic E-state index is -0.635. The third-order valence-corrected chi connectivity index (χ3v) is 3.38. The zero-order valence-electron chi connectivity index (χ0n) is 11.8. The first-order valence-electron chi connectivity index (χ1n) is 6.75. The van der Waals surface area contributed by atoms with E-state index < -0.39 is 6.04 Å². The van der Waals surface area contributed by atoms with Crippen LogP contribution in [0, 0.1) is 6.92 Å². The third-order valence-electron chi connectivity index (χ3n) is 3.38. The molecule has 104 valence electrons. The first-order valence-corrected chi connectivity index (χ1v) is 6.75. The second-order valence-corrected chi connectivity index (χ2v) is 5.03. The average Bonchev–Trinajstić information content (AvgIpc) is 2.48. The molecule has 0 saturated heterocycles. The highest BCUT2D eigenvalue weighted by molar-refractivity contribution is 5.83. The molecule has 0 radical (unpaired) electrons. The number of amides is 1. The van der Waals surface area contributed by atoms with E-state index in [1.54, 1.807) is 0 Å². The summed E-state index contributed by atoms with van der Waals surface area (Å²) < 4.78 is 0. The molecule has 2 unspecified atom stereocenters. The summed E-state index contributed by atoms with van der Waals surface area (Å²) in [4.78, 5) is 12.2. The van der Waals surface area contributed by atoms with Crippen molar-refractivity contribution in [2.24, 2.45) is 5.73 Å². The molecule has 2 rings (SSSR count). The Bertz CT molecular complexity index is 563. The van der Waals surface area contributed by atoms with Gasteiger partial charge in [-0.3, -0.25) is 4.79 Å². The van der Waals surface area contributed by atoms with Crippen LogP contribution in [0.4, 0.5) is 0 Å². The fourth-order valence-corrected chi connectivity index (χ4v) is 2.05. The van der Waals surface area contributed by atoms with E-state index in [9.17, 15) is 4.79 Å². The molecule has 0 fully saturated rings. The Labute approximate surface area is 119 Å². The van der Waals surface area contributed by atoms with E-state index in [1.165, 1.54) is 5.56 Å². The van der Waals surface area contributed by atoms with Gasteiger partial charge in [-0.1, -0.05) is 60.2 Å². The zero-order chi connectivity index (χ0) is 14.5. The molecule has 2 aromatic carbocycles. The highest BCUT2D eigenvalue weighted by Crippen LogP contribution is 2.15. The maximum absolute atomic E-state index is 12.2. The van der Waals surface area contributed by atoms with Gasteiger partial charge in [-0.2, -0.15) is 0 Å². The quantitative estimate of drug-likeness (QED) is 0.896. The van der Waals surface area contributed by atoms with Crippen molar-refractivity contribution >= 4 is 5.91 Å². The number of nitrogens with one attached hydrogen (secondary N) is 1. The molecule has 3 N–H and O–H groups in total. The normalized spacial score (nSPS) is 13.6. The van der Waals surface area contributed by atoms with E-state index in [2.05, 4.69) is 5.32 Å². The smallest absolute Gasteiger partial charge is 0.241 e. The van der Waals surface area contributed by atoms with Gasteiger partial charge in [-0.15, -0.1) is 0 Å². The number of hydrogen-bond acceptors (Lipinski definition) is 2. The predicted octanol–water partition coefficient (Wildman–Crippen LogP) is 2.87. The Kier molecular flexibility index (Phi) is 4.53. The van der Waals surface area contributed by atoms with Crippen LogP contribution in [0.15, 0.2) is 54.6 Å². The molecule has 0 aliphatic heterocycles. The summed E-state index contributed by atoms with van der Waals surface area (Å²) in [6.07, 6.45) is 0.